The topological polar surface area (TPSA) is 97.4 Å². The van der Waals surface area contributed by atoms with Crippen LogP contribution in [0.2, 0.25) is 0 Å². The Bertz CT molecular complexity index is 959. The van der Waals surface area contributed by atoms with Gasteiger partial charge in [0.1, 0.15) is 18.8 Å². The molecule has 0 aromatic heterocycles. The summed E-state index contributed by atoms with van der Waals surface area (Å²) in [7, 11) is 0. The van der Waals surface area contributed by atoms with Crippen molar-refractivity contribution in [2.45, 2.75) is 71.9 Å². The monoisotopic (exact) mass is 540 g/mol. The maximum atomic E-state index is 13.6. The second kappa shape index (κ2) is 13.7. The van der Waals surface area contributed by atoms with Crippen molar-refractivity contribution in [1.29, 1.82) is 0 Å². The quantitative estimate of drug-likeness (QED) is 0.102. The lowest BCUT2D eigenvalue weighted by Crippen LogP contribution is -2.53. The number of hydrogen-bond donors (Lipinski definition) is 0. The summed E-state index contributed by atoms with van der Waals surface area (Å²) < 4.78 is 93.1. The minimum atomic E-state index is -2.35. The van der Waals surface area contributed by atoms with E-state index in [-0.39, 0.29) is 37.9 Å². The van der Waals surface area contributed by atoms with Crippen LogP contribution in [-0.2, 0) is 33.3 Å². The number of benzene rings is 1. The zero-order valence-electron chi connectivity index (χ0n) is 20.8. The molecular formula is C24H29F5O8. The molecule has 5 atom stereocenters. The Balaban J connectivity index is 1.81. The van der Waals surface area contributed by atoms with Gasteiger partial charge < -0.3 is 23.7 Å². The van der Waals surface area contributed by atoms with Crippen molar-refractivity contribution in [3.8, 4) is 5.75 Å². The fraction of sp³-hybridized carbons (Fsp3) is 0.625. The lowest BCUT2D eigenvalue weighted by molar-refractivity contribution is -0.273. The van der Waals surface area contributed by atoms with Crippen LogP contribution >= 0.6 is 0 Å². The number of esters is 3. The van der Waals surface area contributed by atoms with E-state index in [1.807, 2.05) is 13.8 Å². The van der Waals surface area contributed by atoms with Gasteiger partial charge >= 0.3 is 17.9 Å². The molecule has 37 heavy (non-hydrogen) atoms. The predicted octanol–water partition coefficient (Wildman–Crippen LogP) is 4.36. The molecule has 208 valence electrons. The zero-order valence-corrected chi connectivity index (χ0v) is 20.8. The van der Waals surface area contributed by atoms with Crippen molar-refractivity contribution in [1.82, 2.24) is 0 Å². The van der Waals surface area contributed by atoms with Crippen LogP contribution in [-0.4, -0.2) is 49.6 Å². The highest BCUT2D eigenvalue weighted by Crippen LogP contribution is 2.34. The minimum absolute atomic E-state index is 0.130. The molecule has 2 unspecified atom stereocenters. The maximum Gasteiger partial charge on any atom is 0.311 e. The van der Waals surface area contributed by atoms with Crippen LogP contribution in [0.15, 0.2) is 0 Å². The highest BCUT2D eigenvalue weighted by Gasteiger charge is 2.44. The van der Waals surface area contributed by atoms with Gasteiger partial charge in [-0.25, -0.2) is 13.2 Å². The van der Waals surface area contributed by atoms with Gasteiger partial charge in [0.25, 0.3) is 0 Å². The first kappa shape index (κ1) is 30.4. The molecule has 0 radical (unpaired) electrons. The van der Waals surface area contributed by atoms with Crippen molar-refractivity contribution in [3.05, 3.63) is 29.1 Å². The molecule has 0 saturated carbocycles. The number of unbranched alkanes of at least 4 members (excludes halogenated alkanes) is 2. The Morgan fingerprint density at radius 3 is 1.97 bits per heavy atom. The van der Waals surface area contributed by atoms with E-state index in [1.54, 1.807) is 0 Å². The highest BCUT2D eigenvalue weighted by molar-refractivity contribution is 5.72. The Morgan fingerprint density at radius 1 is 0.811 bits per heavy atom. The molecule has 1 fully saturated rings. The molecule has 0 N–H and O–H groups in total. The molecular weight excluding hydrogens is 511 g/mol. The molecule has 1 aromatic rings. The standard InChI is InChI=1S/C24H29F5O8/c1-11-12(2)24(36-15(10-34-13(3)30)22(11)35-14(4)31)33-9-7-5-6-8-16(32)37-23-20(28)18(26)17(25)19(27)21(23)29/h11-12,15,22,24H,5-10H2,1-4H3/t11-,12?,15?,22-,24-/m1/s1. The van der Waals surface area contributed by atoms with Gasteiger partial charge in [-0.1, -0.05) is 20.3 Å². The first-order chi connectivity index (χ1) is 17.3. The van der Waals surface area contributed by atoms with Crippen molar-refractivity contribution in [2.75, 3.05) is 13.2 Å². The molecule has 0 aliphatic carbocycles. The summed E-state index contributed by atoms with van der Waals surface area (Å²) in [5.41, 5.74) is 0. The van der Waals surface area contributed by atoms with Crippen LogP contribution in [0.3, 0.4) is 0 Å². The summed E-state index contributed by atoms with van der Waals surface area (Å²) >= 11 is 0. The van der Waals surface area contributed by atoms with Gasteiger partial charge in [-0.2, -0.15) is 8.78 Å². The van der Waals surface area contributed by atoms with Crippen molar-refractivity contribution >= 4 is 17.9 Å². The molecule has 1 aromatic carbocycles. The van der Waals surface area contributed by atoms with Crippen molar-refractivity contribution in [3.63, 3.8) is 0 Å². The van der Waals surface area contributed by atoms with Crippen LogP contribution in [0.25, 0.3) is 0 Å². The third-order valence-electron chi connectivity index (χ3n) is 5.90. The van der Waals surface area contributed by atoms with E-state index in [9.17, 15) is 36.3 Å². The zero-order chi connectivity index (χ0) is 27.9. The Morgan fingerprint density at radius 2 is 1.41 bits per heavy atom. The molecule has 0 spiro atoms. The highest BCUT2D eigenvalue weighted by atomic mass is 19.2. The molecule has 0 bridgehead atoms. The third-order valence-corrected chi connectivity index (χ3v) is 5.90. The lowest BCUT2D eigenvalue weighted by Gasteiger charge is -2.43. The van der Waals surface area contributed by atoms with E-state index in [1.165, 1.54) is 13.8 Å². The summed E-state index contributed by atoms with van der Waals surface area (Å²) in [6, 6.07) is 0. The van der Waals surface area contributed by atoms with Crippen molar-refractivity contribution < 1.29 is 60.0 Å². The summed E-state index contributed by atoms with van der Waals surface area (Å²) in [6.07, 6.45) is -1.35. The fourth-order valence-corrected chi connectivity index (χ4v) is 3.75. The summed E-state index contributed by atoms with van der Waals surface area (Å²) in [5, 5.41) is 0. The maximum absolute atomic E-state index is 13.6. The first-order valence-corrected chi connectivity index (χ1v) is 11.6. The van der Waals surface area contributed by atoms with Crippen LogP contribution in [0.4, 0.5) is 22.0 Å². The van der Waals surface area contributed by atoms with E-state index in [4.69, 9.17) is 18.9 Å². The van der Waals surface area contributed by atoms with Gasteiger partial charge in [-0.3, -0.25) is 14.4 Å². The molecule has 0 amide bonds. The number of halogens is 5. The minimum Gasteiger partial charge on any atom is -0.463 e. The summed E-state index contributed by atoms with van der Waals surface area (Å²) in [5.74, 6) is -15.4. The fourth-order valence-electron chi connectivity index (χ4n) is 3.75. The van der Waals surface area contributed by atoms with Gasteiger partial charge in [0.2, 0.25) is 34.8 Å². The number of carbonyl (C=O) groups excluding carboxylic acids is 3. The van der Waals surface area contributed by atoms with Gasteiger partial charge in [0.15, 0.2) is 6.29 Å². The van der Waals surface area contributed by atoms with Gasteiger partial charge in [0.05, 0.1) is 0 Å². The number of ether oxygens (including phenoxy) is 5. The average molecular weight is 540 g/mol. The lowest BCUT2D eigenvalue weighted by atomic mass is 9.84. The molecule has 8 nitrogen and oxygen atoms in total. The number of carbonyl (C=O) groups is 3. The summed E-state index contributed by atoms with van der Waals surface area (Å²) in [4.78, 5) is 34.5. The van der Waals surface area contributed by atoms with E-state index >= 15 is 0 Å². The van der Waals surface area contributed by atoms with E-state index < -0.39 is 71.2 Å². The van der Waals surface area contributed by atoms with Crippen molar-refractivity contribution in [2.24, 2.45) is 11.8 Å². The van der Waals surface area contributed by atoms with Crippen LogP contribution in [0.5, 0.6) is 5.75 Å². The second-order valence-electron chi connectivity index (χ2n) is 8.69. The molecule has 1 aliphatic rings. The second-order valence-corrected chi connectivity index (χ2v) is 8.69. The predicted molar refractivity (Wildman–Crippen MR) is 115 cm³/mol. The van der Waals surface area contributed by atoms with Gasteiger partial charge in [-0.15, -0.1) is 0 Å². The average Bonchev–Trinajstić information content (AvgIpc) is 2.84. The molecule has 1 heterocycles. The largest absolute Gasteiger partial charge is 0.463 e. The Kier molecular flexibility index (Phi) is 11.2. The molecule has 13 heteroatoms. The Hall–Kier alpha value is -2.80. The molecule has 1 saturated heterocycles. The Labute approximate surface area is 210 Å². The van der Waals surface area contributed by atoms with Crippen LogP contribution in [0.1, 0.15) is 53.4 Å². The van der Waals surface area contributed by atoms with Gasteiger partial charge in [0, 0.05) is 38.7 Å². The SMILES string of the molecule is CC(=O)OCC1O[C@@H](OCCCCCC(=O)Oc2c(F)c(F)c(F)c(F)c2F)C(C)[C@@H](C)[C@H]1OC(C)=O. The van der Waals surface area contributed by atoms with E-state index in [0.29, 0.717) is 12.8 Å². The van der Waals surface area contributed by atoms with E-state index in [0.717, 1.165) is 0 Å². The van der Waals surface area contributed by atoms with Gasteiger partial charge in [-0.05, 0) is 12.8 Å². The normalized spacial score (nSPS) is 23.4. The molecule has 1 aliphatic heterocycles. The molecule has 2 rings (SSSR count). The van der Waals surface area contributed by atoms with Crippen LogP contribution < -0.4 is 4.74 Å². The number of hydrogen-bond acceptors (Lipinski definition) is 8. The third kappa shape index (κ3) is 8.09. The first-order valence-electron chi connectivity index (χ1n) is 11.6. The van der Waals surface area contributed by atoms with E-state index in [2.05, 4.69) is 4.74 Å². The smallest absolute Gasteiger partial charge is 0.311 e. The number of rotatable bonds is 11. The summed E-state index contributed by atoms with van der Waals surface area (Å²) in [6.45, 7) is 6.28. The van der Waals surface area contributed by atoms with Crippen LogP contribution in [0, 0.1) is 40.9 Å².